The lowest BCUT2D eigenvalue weighted by atomic mass is 9.98. The lowest BCUT2D eigenvalue weighted by Gasteiger charge is -2.18. The van der Waals surface area contributed by atoms with Gasteiger partial charge in [-0.3, -0.25) is 14.8 Å². The Kier molecular flexibility index (Phi) is 11.7. The normalized spacial score (nSPS) is 11.1. The SMILES string of the molecule is C/C=C\Cc1c(OCCCN=C(N)N)cc2oc3cc(OCCCN=C(N)N)c(OC)c(CC=C(C)C)c3c(=O)c2c1O. The second-order valence-corrected chi connectivity index (χ2v) is 10.0. The van der Waals surface area contributed by atoms with Crippen LogP contribution in [0.1, 0.15) is 44.7 Å². The summed E-state index contributed by atoms with van der Waals surface area (Å²) in [6.07, 6.45) is 7.54. The Morgan fingerprint density at radius 2 is 1.49 bits per heavy atom. The summed E-state index contributed by atoms with van der Waals surface area (Å²) >= 11 is 0. The van der Waals surface area contributed by atoms with Crippen molar-refractivity contribution in [3.63, 3.8) is 0 Å². The molecule has 1 heterocycles. The minimum absolute atomic E-state index is 0.00322. The Morgan fingerprint density at radius 3 is 2.05 bits per heavy atom. The Balaban J connectivity index is 2.21. The van der Waals surface area contributed by atoms with Crippen LogP contribution in [-0.2, 0) is 12.8 Å². The first kappa shape index (κ1) is 32.6. The van der Waals surface area contributed by atoms with E-state index in [0.717, 1.165) is 5.57 Å². The number of phenolic OH excluding ortho intramolecular Hbond substituents is 1. The number of benzene rings is 2. The molecule has 232 valence electrons. The summed E-state index contributed by atoms with van der Waals surface area (Å²) in [5, 5.41) is 11.8. The van der Waals surface area contributed by atoms with E-state index in [-0.39, 0.29) is 46.3 Å². The van der Waals surface area contributed by atoms with Gasteiger partial charge in [-0.05, 0) is 33.6 Å². The molecule has 3 aromatic rings. The number of nitrogens with zero attached hydrogens (tertiary/aromatic N) is 2. The summed E-state index contributed by atoms with van der Waals surface area (Å²) in [5.41, 5.74) is 23.8. The second kappa shape index (κ2) is 15.4. The first-order chi connectivity index (χ1) is 20.6. The van der Waals surface area contributed by atoms with Gasteiger partial charge in [0.05, 0.1) is 25.7 Å². The number of aliphatic imine (C=N–C) groups is 2. The number of allylic oxidation sites excluding steroid dienone is 4. The highest BCUT2D eigenvalue weighted by Gasteiger charge is 2.24. The molecule has 0 spiro atoms. The third-order valence-electron chi connectivity index (χ3n) is 6.50. The summed E-state index contributed by atoms with van der Waals surface area (Å²) < 4.78 is 24.1. The van der Waals surface area contributed by atoms with E-state index in [4.69, 9.17) is 41.6 Å². The van der Waals surface area contributed by atoms with Crippen LogP contribution in [0, 0.1) is 0 Å². The van der Waals surface area contributed by atoms with Gasteiger partial charge in [-0.15, -0.1) is 0 Å². The van der Waals surface area contributed by atoms with E-state index < -0.39 is 0 Å². The number of methoxy groups -OCH3 is 1. The van der Waals surface area contributed by atoms with Crippen molar-refractivity contribution >= 4 is 33.9 Å². The molecule has 0 aliphatic heterocycles. The van der Waals surface area contributed by atoms with Crippen molar-refractivity contribution in [2.24, 2.45) is 32.9 Å². The maximum absolute atomic E-state index is 14.1. The molecule has 1 aromatic heterocycles. The molecule has 9 N–H and O–H groups in total. The van der Waals surface area contributed by atoms with Crippen LogP contribution < -0.4 is 42.6 Å². The van der Waals surface area contributed by atoms with Gasteiger partial charge in [0.15, 0.2) is 23.4 Å². The van der Waals surface area contributed by atoms with E-state index in [9.17, 15) is 9.90 Å². The molecular weight excluding hydrogens is 552 g/mol. The maximum atomic E-state index is 14.1. The zero-order valence-electron chi connectivity index (χ0n) is 25.2. The fourth-order valence-corrected chi connectivity index (χ4v) is 4.51. The number of fused-ring (bicyclic) bond motifs is 2. The van der Waals surface area contributed by atoms with Gasteiger partial charge in [0.1, 0.15) is 28.1 Å². The topological polar surface area (TPSA) is 207 Å². The molecule has 0 saturated heterocycles. The number of hydrogen-bond acceptors (Lipinski definition) is 8. The van der Waals surface area contributed by atoms with Crippen molar-refractivity contribution in [1.82, 2.24) is 0 Å². The van der Waals surface area contributed by atoms with Gasteiger partial charge >= 0.3 is 0 Å². The van der Waals surface area contributed by atoms with E-state index in [1.807, 2.05) is 39.0 Å². The fourth-order valence-electron chi connectivity index (χ4n) is 4.51. The Labute approximate surface area is 250 Å². The Bertz CT molecular complexity index is 1610. The average Bonchev–Trinajstić information content (AvgIpc) is 2.94. The highest BCUT2D eigenvalue weighted by molar-refractivity contribution is 5.98. The molecule has 3 rings (SSSR count). The van der Waals surface area contributed by atoms with Crippen LogP contribution in [0.5, 0.6) is 23.0 Å². The van der Waals surface area contributed by atoms with E-state index in [2.05, 4.69) is 9.98 Å². The van der Waals surface area contributed by atoms with Gasteiger partial charge in [0, 0.05) is 49.2 Å². The van der Waals surface area contributed by atoms with Crippen LogP contribution in [-0.4, -0.2) is 50.4 Å². The van der Waals surface area contributed by atoms with Crippen LogP contribution in [0.2, 0.25) is 0 Å². The zero-order chi connectivity index (χ0) is 31.5. The molecule has 0 aliphatic carbocycles. The molecule has 0 saturated carbocycles. The van der Waals surface area contributed by atoms with Gasteiger partial charge in [-0.2, -0.15) is 0 Å². The second-order valence-electron chi connectivity index (χ2n) is 10.0. The molecule has 0 atom stereocenters. The van der Waals surface area contributed by atoms with E-state index in [1.165, 1.54) is 7.11 Å². The van der Waals surface area contributed by atoms with Crippen molar-refractivity contribution in [3.8, 4) is 23.0 Å². The quantitative estimate of drug-likeness (QED) is 0.0570. The van der Waals surface area contributed by atoms with Crippen LogP contribution >= 0.6 is 0 Å². The predicted octanol–water partition coefficient (Wildman–Crippen LogP) is 3.37. The molecule has 12 heteroatoms. The highest BCUT2D eigenvalue weighted by atomic mass is 16.5. The molecule has 12 nitrogen and oxygen atoms in total. The summed E-state index contributed by atoms with van der Waals surface area (Å²) in [7, 11) is 1.52. The fraction of sp³-hybridized carbons (Fsp3) is 0.387. The minimum atomic E-state index is -0.385. The van der Waals surface area contributed by atoms with Crippen LogP contribution in [0.25, 0.3) is 21.9 Å². The average molecular weight is 595 g/mol. The first-order valence-corrected chi connectivity index (χ1v) is 14.0. The highest BCUT2D eigenvalue weighted by Crippen LogP contribution is 2.41. The first-order valence-electron chi connectivity index (χ1n) is 14.0. The van der Waals surface area contributed by atoms with Gasteiger partial charge in [-0.1, -0.05) is 23.8 Å². The van der Waals surface area contributed by atoms with Gasteiger partial charge in [0.2, 0.25) is 5.43 Å². The lowest BCUT2D eigenvalue weighted by molar-refractivity contribution is 0.290. The molecule has 0 unspecified atom stereocenters. The summed E-state index contributed by atoms with van der Waals surface area (Å²) in [4.78, 5) is 22.1. The molecule has 0 radical (unpaired) electrons. The summed E-state index contributed by atoms with van der Waals surface area (Å²) in [6, 6.07) is 3.26. The zero-order valence-corrected chi connectivity index (χ0v) is 25.2. The standard InChI is InChI=1S/C31H42N6O6/c1-5-6-9-19-21(41-14-7-12-36-30(32)33)16-23-26(27(19)38)28(39)25-20(11-10-18(2)3)29(40-4)24(17-22(25)43-23)42-15-8-13-37-31(34)35/h5-6,10,16-17,38H,7-9,11-15H2,1-4H3,(H4,32,33,36)(H4,34,35,37)/b6-5-. The number of phenols is 1. The van der Waals surface area contributed by atoms with Gasteiger partial charge in [0.25, 0.3) is 0 Å². The maximum Gasteiger partial charge on any atom is 0.204 e. The Hall–Kier alpha value is -4.87. The molecule has 43 heavy (non-hydrogen) atoms. The third kappa shape index (κ3) is 8.34. The smallest absolute Gasteiger partial charge is 0.204 e. The number of hydrogen-bond donors (Lipinski definition) is 5. The number of aromatic hydroxyl groups is 1. The van der Waals surface area contributed by atoms with E-state index in [1.54, 1.807) is 12.1 Å². The van der Waals surface area contributed by atoms with Crippen molar-refractivity contribution in [1.29, 1.82) is 0 Å². The van der Waals surface area contributed by atoms with Crippen LogP contribution in [0.15, 0.2) is 55.1 Å². The summed E-state index contributed by atoms with van der Waals surface area (Å²) in [6.45, 7) is 7.17. The molecular formula is C31H42N6O6. The number of ether oxygens (including phenoxy) is 3. The van der Waals surface area contributed by atoms with Crippen LogP contribution in [0.3, 0.4) is 0 Å². The molecule has 0 fully saturated rings. The molecule has 0 amide bonds. The monoisotopic (exact) mass is 594 g/mol. The van der Waals surface area contributed by atoms with Crippen molar-refractivity contribution in [2.45, 2.75) is 46.5 Å². The Morgan fingerprint density at radius 1 is 0.907 bits per heavy atom. The van der Waals surface area contributed by atoms with Crippen LogP contribution in [0.4, 0.5) is 0 Å². The predicted molar refractivity (Wildman–Crippen MR) is 171 cm³/mol. The molecule has 0 bridgehead atoms. The van der Waals surface area contributed by atoms with Crippen molar-refractivity contribution < 1.29 is 23.7 Å². The van der Waals surface area contributed by atoms with Crippen molar-refractivity contribution in [2.75, 3.05) is 33.4 Å². The largest absolute Gasteiger partial charge is 0.507 e. The minimum Gasteiger partial charge on any atom is -0.507 e. The third-order valence-corrected chi connectivity index (χ3v) is 6.50. The lowest BCUT2D eigenvalue weighted by Crippen LogP contribution is -2.23. The van der Waals surface area contributed by atoms with E-state index in [0.29, 0.717) is 79.1 Å². The van der Waals surface area contributed by atoms with Crippen molar-refractivity contribution in [3.05, 3.63) is 57.3 Å². The van der Waals surface area contributed by atoms with Gasteiger partial charge < -0.3 is 46.7 Å². The number of nitrogens with two attached hydrogens (primary N) is 4. The number of rotatable bonds is 15. The van der Waals surface area contributed by atoms with Gasteiger partial charge in [-0.25, -0.2) is 0 Å². The van der Waals surface area contributed by atoms with E-state index >= 15 is 0 Å². The molecule has 2 aromatic carbocycles. The molecule has 0 aliphatic rings. The number of guanidine groups is 2. The summed E-state index contributed by atoms with van der Waals surface area (Å²) in [5.74, 6) is 1.03.